The normalized spacial score (nSPS) is 34.6. The van der Waals surface area contributed by atoms with E-state index in [9.17, 15) is 74.7 Å². The fraction of sp³-hybridized carbons (Fsp3) is 0.880. The van der Waals surface area contributed by atoms with Crippen LogP contribution in [0.5, 0.6) is 0 Å². The van der Waals surface area contributed by atoms with Gasteiger partial charge in [0, 0.05) is 75.5 Å². The molecule has 0 aromatic rings. The molecule has 4 aliphatic heterocycles. The highest BCUT2D eigenvalue weighted by molar-refractivity contribution is 5.80. The minimum absolute atomic E-state index is 0.00685. The number of rotatable bonds is 34. The fourth-order valence-electron chi connectivity index (χ4n) is 8.70. The van der Waals surface area contributed by atoms with Crippen LogP contribution in [0.15, 0.2) is 0 Å². The maximum atomic E-state index is 13.0. The van der Waals surface area contributed by atoms with Crippen molar-refractivity contribution in [1.29, 1.82) is 0 Å². The van der Waals surface area contributed by atoms with Crippen LogP contribution in [0.2, 0.25) is 0 Å². The van der Waals surface area contributed by atoms with Crippen LogP contribution in [-0.4, -0.2) is 252 Å². The average Bonchev–Trinajstić information content (AvgIpc) is 3.41. The molecular weight excluding hydrogens is 1070 g/mol. The van der Waals surface area contributed by atoms with Gasteiger partial charge >= 0.3 is 0 Å². The molecule has 30 nitrogen and oxygen atoms in total. The Bertz CT molecular complexity index is 1910. The number of carbonyl (C=O) groups is 6. The third-order valence-electron chi connectivity index (χ3n) is 13.7. The summed E-state index contributed by atoms with van der Waals surface area (Å²) in [5.74, 6) is -5.27. The van der Waals surface area contributed by atoms with E-state index in [0.717, 1.165) is 0 Å². The van der Waals surface area contributed by atoms with Crippen LogP contribution in [-0.2, 0) is 80.9 Å². The highest BCUT2D eigenvalue weighted by Crippen LogP contribution is 2.33. The molecule has 0 bridgehead atoms. The third kappa shape index (κ3) is 22.2. The molecule has 4 saturated heterocycles. The fourth-order valence-corrected chi connectivity index (χ4v) is 8.70. The van der Waals surface area contributed by atoms with Crippen molar-refractivity contribution in [1.82, 2.24) is 21.3 Å². The molecule has 0 saturated carbocycles. The molecule has 0 spiro atoms. The maximum absolute atomic E-state index is 13.0. The third-order valence-corrected chi connectivity index (χ3v) is 13.7. The van der Waals surface area contributed by atoms with E-state index in [1.807, 2.05) is 0 Å². The van der Waals surface area contributed by atoms with Gasteiger partial charge < -0.3 is 119 Å². The van der Waals surface area contributed by atoms with Crippen molar-refractivity contribution < 1.29 is 127 Å². The van der Waals surface area contributed by atoms with Crippen molar-refractivity contribution in [2.45, 2.75) is 192 Å². The van der Waals surface area contributed by atoms with Gasteiger partial charge in [0.25, 0.3) is 0 Å². The lowest BCUT2D eigenvalue weighted by molar-refractivity contribution is -0.353. The van der Waals surface area contributed by atoms with Gasteiger partial charge in [-0.3, -0.25) is 28.8 Å². The van der Waals surface area contributed by atoms with Crippen LogP contribution in [0.25, 0.3) is 0 Å². The molecule has 4 rings (SSSR count). The number of Topliss-reactive ketones (excluding diaryl/α,β-unsaturated/α-hetero) is 2. The predicted octanol–water partition coefficient (Wildman–Crippen LogP) is -5.00. The number of hydrogen-bond donors (Lipinski definition) is 13. The number of aliphatic hydroxyl groups excluding tert-OH is 9. The first-order valence-corrected chi connectivity index (χ1v) is 27.1. The van der Waals surface area contributed by atoms with Crippen LogP contribution in [0.4, 0.5) is 0 Å². The number of carbonyl (C=O) groups excluding carboxylic acids is 6. The average molecular weight is 1160 g/mol. The van der Waals surface area contributed by atoms with Crippen molar-refractivity contribution in [3.8, 4) is 0 Å². The lowest BCUT2D eigenvalue weighted by Crippen LogP contribution is -2.57. The van der Waals surface area contributed by atoms with Crippen molar-refractivity contribution in [2.75, 3.05) is 65.8 Å². The van der Waals surface area contributed by atoms with E-state index in [1.165, 1.54) is 20.8 Å². The Morgan fingerprint density at radius 3 is 1.25 bits per heavy atom. The molecule has 4 fully saturated rings. The lowest BCUT2D eigenvalue weighted by atomic mass is 9.95. The Morgan fingerprint density at radius 2 is 0.775 bits per heavy atom. The molecule has 20 atom stereocenters. The Kier molecular flexibility index (Phi) is 30.1. The van der Waals surface area contributed by atoms with Crippen LogP contribution < -0.4 is 21.3 Å². The predicted molar refractivity (Wildman–Crippen MR) is 268 cm³/mol. The van der Waals surface area contributed by atoms with Crippen molar-refractivity contribution in [2.24, 2.45) is 23.7 Å². The number of ether oxygens (including phenoxy) is 11. The summed E-state index contributed by atoms with van der Waals surface area (Å²) in [6.45, 7) is 8.39. The molecule has 4 heterocycles. The SMILES string of the molecule is CC(C)OC1OC(OCCC(=O)NCCNC(=O)COC2OC(O)C(O)[C@H](O)[C@@H]2C)C(OCCC(=O)NCCCC(=O)COC2OC(O)C(O)[C@H](O)[C@@H]2C)[C@H](OCCC(=O)CCCNC(=O)COC2OC(O)C(O)[C@H](O)[C@@H]2C)[C@@H]1C. The highest BCUT2D eigenvalue weighted by Gasteiger charge is 2.48. The maximum Gasteiger partial charge on any atom is 0.246 e. The summed E-state index contributed by atoms with van der Waals surface area (Å²) >= 11 is 0. The van der Waals surface area contributed by atoms with E-state index >= 15 is 0 Å². The highest BCUT2D eigenvalue weighted by atomic mass is 16.8. The number of amides is 4. The molecule has 80 heavy (non-hydrogen) atoms. The van der Waals surface area contributed by atoms with Crippen molar-refractivity contribution in [3.63, 3.8) is 0 Å². The monoisotopic (exact) mass is 1160 g/mol. The number of nitrogens with one attached hydrogen (secondary N) is 4. The minimum atomic E-state index is -1.70. The van der Waals surface area contributed by atoms with Crippen LogP contribution in [0.3, 0.4) is 0 Å². The molecule has 0 aromatic heterocycles. The van der Waals surface area contributed by atoms with Crippen LogP contribution in [0, 0.1) is 23.7 Å². The first kappa shape index (κ1) is 68.9. The Labute approximate surface area is 463 Å². The molecule has 12 unspecified atom stereocenters. The van der Waals surface area contributed by atoms with Crippen LogP contribution in [0.1, 0.15) is 86.5 Å². The number of aliphatic hydroxyl groups is 9. The molecule has 462 valence electrons. The van der Waals surface area contributed by atoms with Crippen LogP contribution >= 0.6 is 0 Å². The zero-order valence-electron chi connectivity index (χ0n) is 46.1. The van der Waals surface area contributed by atoms with E-state index in [1.54, 1.807) is 20.8 Å². The molecular formula is C50H86N4O26. The number of ketones is 2. The van der Waals surface area contributed by atoms with Gasteiger partial charge in [0.1, 0.15) is 50.0 Å². The summed E-state index contributed by atoms with van der Waals surface area (Å²) in [6.07, 6.45) is -21.2. The van der Waals surface area contributed by atoms with E-state index in [-0.39, 0.29) is 109 Å². The summed E-state index contributed by atoms with van der Waals surface area (Å²) in [5, 5.41) is 99.4. The van der Waals surface area contributed by atoms with E-state index < -0.39 is 166 Å². The Hall–Kier alpha value is -3.58. The van der Waals surface area contributed by atoms with Gasteiger partial charge in [-0.05, 0) is 26.7 Å². The quantitative estimate of drug-likeness (QED) is 0.0268. The van der Waals surface area contributed by atoms with Gasteiger partial charge in [-0.15, -0.1) is 0 Å². The molecule has 4 amide bonds. The van der Waals surface area contributed by atoms with Gasteiger partial charge in [0.05, 0.1) is 56.8 Å². The first-order chi connectivity index (χ1) is 37.9. The smallest absolute Gasteiger partial charge is 0.246 e. The summed E-state index contributed by atoms with van der Waals surface area (Å²) < 4.78 is 62.5. The zero-order chi connectivity index (χ0) is 59.2. The number of hydrogen-bond acceptors (Lipinski definition) is 26. The first-order valence-electron chi connectivity index (χ1n) is 27.1. The van der Waals surface area contributed by atoms with Crippen molar-refractivity contribution in [3.05, 3.63) is 0 Å². The summed E-state index contributed by atoms with van der Waals surface area (Å²) in [7, 11) is 0. The summed E-state index contributed by atoms with van der Waals surface area (Å²) in [6, 6.07) is 0. The molecule has 4 aliphatic rings. The molecule has 0 aliphatic carbocycles. The van der Waals surface area contributed by atoms with E-state index in [4.69, 9.17) is 52.1 Å². The second kappa shape index (κ2) is 34.9. The van der Waals surface area contributed by atoms with Gasteiger partial charge in [0.2, 0.25) is 23.6 Å². The molecule has 13 N–H and O–H groups in total. The second-order valence-corrected chi connectivity index (χ2v) is 20.5. The summed E-state index contributed by atoms with van der Waals surface area (Å²) in [4.78, 5) is 76.1. The van der Waals surface area contributed by atoms with Gasteiger partial charge in [-0.25, -0.2) is 0 Å². The standard InChI is InChI=1S/C50H86N4O26/c1-24(2)76-49-28(6)41(70-18-11-29(55)9-7-15-52-33(59)22-74-47-26(4)36(62)39(65)44(68)78-47)42(71-19-12-31(57)51-14-8-10-30(56)21-73-46-25(3)35(61)38(64)43(67)77-46)50(80-49)72-20-13-32(58)53-16-17-54-34(60)23-75-48-27(5)37(63)40(66)45(69)79-48/h24-28,35-50,61-69H,7-23H2,1-6H3,(H,51,57)(H,52,59)(H,53,58)(H,54,60)/t25-,26-,27-,28-,35+,36+,37+,38?,39?,40?,41+,42?,43?,44?,45?,46?,47?,48?,49?,50?/m0/s1. The van der Waals surface area contributed by atoms with Crippen molar-refractivity contribution >= 4 is 35.2 Å². The van der Waals surface area contributed by atoms with Gasteiger partial charge in [-0.2, -0.15) is 0 Å². The Balaban J connectivity index is 1.26. The minimum Gasteiger partial charge on any atom is -0.390 e. The lowest BCUT2D eigenvalue weighted by Gasteiger charge is -2.45. The van der Waals surface area contributed by atoms with E-state index in [0.29, 0.717) is 0 Å². The van der Waals surface area contributed by atoms with Gasteiger partial charge in [-0.1, -0.05) is 27.7 Å². The molecule has 30 heteroatoms. The second-order valence-electron chi connectivity index (χ2n) is 20.5. The topological polar surface area (TPSA) is 434 Å². The molecule has 0 radical (unpaired) electrons. The Morgan fingerprint density at radius 1 is 0.388 bits per heavy atom. The van der Waals surface area contributed by atoms with Gasteiger partial charge in [0.15, 0.2) is 56.1 Å². The summed E-state index contributed by atoms with van der Waals surface area (Å²) in [5.41, 5.74) is 0. The largest absolute Gasteiger partial charge is 0.390 e. The molecule has 0 aromatic carbocycles. The van der Waals surface area contributed by atoms with E-state index in [2.05, 4.69) is 21.3 Å². The zero-order valence-corrected chi connectivity index (χ0v) is 46.1.